The molecule has 0 aliphatic rings. The van der Waals surface area contributed by atoms with Gasteiger partial charge in [0, 0.05) is 0 Å². The van der Waals surface area contributed by atoms with Crippen molar-refractivity contribution < 1.29 is 26.9 Å². The van der Waals surface area contributed by atoms with Crippen LogP contribution in [0.15, 0.2) is 29.2 Å². The molecule has 0 radical (unpaired) electrons. The van der Waals surface area contributed by atoms with Gasteiger partial charge in [-0.05, 0) is 31.4 Å². The Bertz CT molecular complexity index is 572. The van der Waals surface area contributed by atoms with E-state index in [1.54, 1.807) is 32.9 Å². The summed E-state index contributed by atoms with van der Waals surface area (Å²) in [5, 5.41) is 0. The maximum atomic E-state index is 13.6. The third kappa shape index (κ3) is 4.54. The number of rotatable bonds is 6. The number of hydrogen-bond donors (Lipinski definition) is 1. The molecule has 8 heteroatoms. The van der Waals surface area contributed by atoms with Gasteiger partial charge >= 0.3 is 12.1 Å². The lowest BCUT2D eigenvalue weighted by Crippen LogP contribution is -2.63. The van der Waals surface area contributed by atoms with Crippen LogP contribution in [0.25, 0.3) is 0 Å². The fraction of sp³-hybridized carbons (Fsp3) is 0.533. The van der Waals surface area contributed by atoms with Crippen molar-refractivity contribution in [3.05, 3.63) is 29.8 Å². The quantitative estimate of drug-likeness (QED) is 0.801. The zero-order valence-corrected chi connectivity index (χ0v) is 14.2. The summed E-state index contributed by atoms with van der Waals surface area (Å²) in [6.45, 7) is 4.88. The normalized spacial score (nSPS) is 16.0. The van der Waals surface area contributed by atoms with Crippen molar-refractivity contribution in [3.8, 4) is 0 Å². The number of nitrogens with one attached hydrogen (secondary N) is 1. The Morgan fingerprint density at radius 2 is 1.78 bits per heavy atom. The van der Waals surface area contributed by atoms with Gasteiger partial charge in [-0.15, -0.1) is 0 Å². The third-order valence-corrected chi connectivity index (χ3v) is 4.47. The molecule has 0 aromatic heterocycles. The highest BCUT2D eigenvalue weighted by atomic mass is 32.2. The molecule has 4 nitrogen and oxygen atoms in total. The minimum atomic E-state index is -4.95. The average molecular weight is 351 g/mol. The van der Waals surface area contributed by atoms with E-state index in [2.05, 4.69) is 4.74 Å². The Labute approximate surface area is 136 Å². The van der Waals surface area contributed by atoms with Gasteiger partial charge in [0.25, 0.3) is 0 Å². The van der Waals surface area contributed by atoms with E-state index < -0.39 is 41.0 Å². The standard InChI is InChI=1S/C15H20F3NO3S/c1-10(2)9-14(13(20)22-4,15(16,17)18)19-23(21)12-7-5-11(3)6-8-12/h5-8,10,19H,9H2,1-4H3. The summed E-state index contributed by atoms with van der Waals surface area (Å²) in [6, 6.07) is 6.16. The molecule has 2 unspecified atom stereocenters. The SMILES string of the molecule is COC(=O)C(CC(C)C)(NS(=O)c1ccc(C)cc1)C(F)(F)F. The van der Waals surface area contributed by atoms with Gasteiger partial charge in [0.2, 0.25) is 5.54 Å². The Morgan fingerprint density at radius 3 is 2.17 bits per heavy atom. The van der Waals surface area contributed by atoms with E-state index in [4.69, 9.17) is 0 Å². The van der Waals surface area contributed by atoms with Crippen molar-refractivity contribution >= 4 is 17.0 Å². The van der Waals surface area contributed by atoms with Gasteiger partial charge in [-0.1, -0.05) is 31.5 Å². The summed E-state index contributed by atoms with van der Waals surface area (Å²) in [4.78, 5) is 12.0. The zero-order valence-electron chi connectivity index (χ0n) is 13.4. The van der Waals surface area contributed by atoms with E-state index in [-0.39, 0.29) is 4.90 Å². The molecule has 1 rings (SSSR count). The van der Waals surface area contributed by atoms with E-state index >= 15 is 0 Å². The maximum Gasteiger partial charge on any atom is 0.418 e. The van der Waals surface area contributed by atoms with Gasteiger partial charge in [-0.3, -0.25) is 0 Å². The van der Waals surface area contributed by atoms with Crippen LogP contribution in [0.4, 0.5) is 13.2 Å². The number of benzene rings is 1. The molecule has 1 aromatic rings. The Balaban J connectivity index is 3.25. The molecular formula is C15H20F3NO3S. The van der Waals surface area contributed by atoms with E-state index in [1.165, 1.54) is 12.1 Å². The molecule has 0 saturated heterocycles. The number of ether oxygens (including phenoxy) is 1. The molecule has 0 aliphatic carbocycles. The van der Waals surface area contributed by atoms with Crippen molar-refractivity contribution in [2.24, 2.45) is 5.92 Å². The van der Waals surface area contributed by atoms with Crippen molar-refractivity contribution in [3.63, 3.8) is 0 Å². The summed E-state index contributed by atoms with van der Waals surface area (Å²) in [5.74, 6) is -1.97. The summed E-state index contributed by atoms with van der Waals surface area (Å²) in [6.07, 6.45) is -5.54. The van der Waals surface area contributed by atoms with Crippen LogP contribution in [-0.2, 0) is 20.5 Å². The first-order valence-corrected chi connectivity index (χ1v) is 8.10. The molecule has 1 N–H and O–H groups in total. The molecule has 0 amide bonds. The van der Waals surface area contributed by atoms with Gasteiger partial charge in [-0.25, -0.2) is 13.7 Å². The Hall–Kier alpha value is -1.41. The number of carbonyl (C=O) groups excluding carboxylic acids is 1. The molecule has 0 aliphatic heterocycles. The van der Waals surface area contributed by atoms with Gasteiger partial charge in [-0.2, -0.15) is 13.2 Å². The lowest BCUT2D eigenvalue weighted by molar-refractivity contribution is -0.210. The van der Waals surface area contributed by atoms with Crippen molar-refractivity contribution in [1.82, 2.24) is 4.72 Å². The monoisotopic (exact) mass is 351 g/mol. The van der Waals surface area contributed by atoms with Crippen molar-refractivity contribution in [2.75, 3.05) is 7.11 Å². The molecule has 2 atom stereocenters. The number of aryl methyl sites for hydroxylation is 1. The summed E-state index contributed by atoms with van der Waals surface area (Å²) in [7, 11) is -1.34. The minimum Gasteiger partial charge on any atom is -0.467 e. The van der Waals surface area contributed by atoms with E-state index in [0.717, 1.165) is 12.7 Å². The van der Waals surface area contributed by atoms with Crippen LogP contribution in [0.1, 0.15) is 25.8 Å². The Morgan fingerprint density at radius 1 is 1.26 bits per heavy atom. The van der Waals surface area contributed by atoms with E-state index in [1.807, 2.05) is 4.72 Å². The summed E-state index contributed by atoms with van der Waals surface area (Å²) < 4.78 is 59.5. The number of carbonyl (C=O) groups is 1. The van der Waals surface area contributed by atoms with Crippen LogP contribution in [-0.4, -0.2) is 29.0 Å². The number of methoxy groups -OCH3 is 1. The topological polar surface area (TPSA) is 55.4 Å². The number of alkyl halides is 3. The number of halogens is 3. The minimum absolute atomic E-state index is 0.150. The predicted molar refractivity (Wildman–Crippen MR) is 81.0 cm³/mol. The maximum absolute atomic E-state index is 13.6. The summed E-state index contributed by atoms with van der Waals surface area (Å²) >= 11 is 0. The van der Waals surface area contributed by atoms with Crippen LogP contribution in [0, 0.1) is 12.8 Å². The van der Waals surface area contributed by atoms with Crippen LogP contribution < -0.4 is 4.72 Å². The first-order valence-electron chi connectivity index (χ1n) is 6.95. The molecule has 0 spiro atoms. The fourth-order valence-corrected chi connectivity index (χ4v) is 3.22. The summed E-state index contributed by atoms with van der Waals surface area (Å²) in [5.41, 5.74) is -2.14. The second-order valence-electron chi connectivity index (χ2n) is 5.68. The third-order valence-electron chi connectivity index (χ3n) is 3.23. The molecule has 23 heavy (non-hydrogen) atoms. The number of hydrogen-bond acceptors (Lipinski definition) is 3. The highest BCUT2D eigenvalue weighted by Crippen LogP contribution is 2.37. The van der Waals surface area contributed by atoms with Gasteiger partial charge in [0.15, 0.2) is 0 Å². The zero-order chi connectivity index (χ0) is 17.8. The van der Waals surface area contributed by atoms with Crippen LogP contribution in [0.5, 0.6) is 0 Å². The van der Waals surface area contributed by atoms with E-state index in [0.29, 0.717) is 0 Å². The molecule has 1 aromatic carbocycles. The van der Waals surface area contributed by atoms with Crippen molar-refractivity contribution in [1.29, 1.82) is 0 Å². The molecule has 130 valence electrons. The van der Waals surface area contributed by atoms with Gasteiger partial charge < -0.3 is 4.74 Å². The smallest absolute Gasteiger partial charge is 0.418 e. The second-order valence-corrected chi connectivity index (χ2v) is 6.89. The molecule has 0 heterocycles. The fourth-order valence-electron chi connectivity index (χ4n) is 2.12. The number of esters is 1. The largest absolute Gasteiger partial charge is 0.467 e. The lowest BCUT2D eigenvalue weighted by Gasteiger charge is -2.34. The molecular weight excluding hydrogens is 331 g/mol. The Kier molecular flexibility index (Phi) is 6.35. The second kappa shape index (κ2) is 7.44. The molecule has 0 bridgehead atoms. The van der Waals surface area contributed by atoms with Crippen molar-refractivity contribution in [2.45, 2.75) is 43.8 Å². The molecule has 0 saturated carbocycles. The van der Waals surface area contributed by atoms with Crippen LogP contribution >= 0.6 is 0 Å². The van der Waals surface area contributed by atoms with Gasteiger partial charge in [0.05, 0.1) is 12.0 Å². The lowest BCUT2D eigenvalue weighted by atomic mass is 9.89. The van der Waals surface area contributed by atoms with Crippen LogP contribution in [0.2, 0.25) is 0 Å². The first kappa shape index (κ1) is 19.6. The predicted octanol–water partition coefficient (Wildman–Crippen LogP) is 3.13. The molecule has 0 fully saturated rings. The van der Waals surface area contributed by atoms with Gasteiger partial charge in [0.1, 0.15) is 11.0 Å². The average Bonchev–Trinajstić information content (AvgIpc) is 2.44. The highest BCUT2D eigenvalue weighted by molar-refractivity contribution is 7.83. The van der Waals surface area contributed by atoms with Crippen LogP contribution in [0.3, 0.4) is 0 Å². The van der Waals surface area contributed by atoms with E-state index in [9.17, 15) is 22.2 Å². The first-order chi connectivity index (χ1) is 10.5. The highest BCUT2D eigenvalue weighted by Gasteiger charge is 2.62.